The summed E-state index contributed by atoms with van der Waals surface area (Å²) in [5.41, 5.74) is -0.235. The first-order valence-electron chi connectivity index (χ1n) is 6.79. The molecule has 0 amide bonds. The highest BCUT2D eigenvalue weighted by molar-refractivity contribution is 6.48. The molecule has 0 bridgehead atoms. The minimum Gasteiger partial charge on any atom is -0.391 e. The molecule has 0 aromatic heterocycles. The van der Waals surface area contributed by atoms with Crippen molar-refractivity contribution < 1.29 is 8.85 Å². The predicted octanol–water partition coefficient (Wildman–Crippen LogP) is 4.42. The average Bonchev–Trinajstić information content (AvgIpc) is 2.11. The molecule has 0 aliphatic rings. The van der Waals surface area contributed by atoms with Crippen LogP contribution in [0, 0.1) is 0 Å². The second kappa shape index (κ2) is 5.85. The fraction of sp³-hybridized carbons (Fsp3) is 1.00. The first kappa shape index (κ1) is 17.1. The summed E-state index contributed by atoms with van der Waals surface area (Å²) >= 11 is 0. The van der Waals surface area contributed by atoms with Crippen LogP contribution in [-0.2, 0) is 8.85 Å². The number of hydrogen-bond donors (Lipinski definition) is 0. The van der Waals surface area contributed by atoms with Crippen LogP contribution >= 0.6 is 0 Å². The van der Waals surface area contributed by atoms with Gasteiger partial charge in [0.15, 0.2) is 0 Å². The lowest BCUT2D eigenvalue weighted by Gasteiger charge is -2.41. The Morgan fingerprint density at radius 3 is 1.18 bits per heavy atom. The third-order valence-electron chi connectivity index (χ3n) is 3.11. The van der Waals surface area contributed by atoms with Gasteiger partial charge in [-0.05, 0) is 54.4 Å². The molecule has 0 aliphatic heterocycles. The molecule has 0 unspecified atom stereocenters. The van der Waals surface area contributed by atoms with Gasteiger partial charge < -0.3 is 8.85 Å². The van der Waals surface area contributed by atoms with Gasteiger partial charge in [-0.1, -0.05) is 20.8 Å². The molecule has 0 atom stereocenters. The SMILES string of the molecule is CCC(C)(CC)[SiH](OC(C)(C)C)OC(C)(C)C. The summed E-state index contributed by atoms with van der Waals surface area (Å²) in [6, 6.07) is 0. The minimum absolute atomic E-state index is 0.117. The first-order valence-corrected chi connectivity index (χ1v) is 8.31. The summed E-state index contributed by atoms with van der Waals surface area (Å²) in [5, 5.41) is 0.209. The van der Waals surface area contributed by atoms with Gasteiger partial charge >= 0.3 is 9.28 Å². The van der Waals surface area contributed by atoms with Crippen molar-refractivity contribution in [1.82, 2.24) is 0 Å². The Kier molecular flexibility index (Phi) is 5.90. The average molecular weight is 260 g/mol. The lowest BCUT2D eigenvalue weighted by Crippen LogP contribution is -2.46. The highest BCUT2D eigenvalue weighted by Crippen LogP contribution is 2.40. The largest absolute Gasteiger partial charge is 0.391 e. The zero-order valence-corrected chi connectivity index (χ0v) is 14.5. The Bertz CT molecular complexity index is 205. The van der Waals surface area contributed by atoms with Crippen molar-refractivity contribution >= 4 is 9.28 Å². The van der Waals surface area contributed by atoms with E-state index in [9.17, 15) is 0 Å². The van der Waals surface area contributed by atoms with Gasteiger partial charge in [0.2, 0.25) is 0 Å². The van der Waals surface area contributed by atoms with E-state index >= 15 is 0 Å². The molecule has 0 aliphatic carbocycles. The standard InChI is InChI=1S/C14H32O2Si/c1-10-14(9,11-2)17(15-12(3,4)5)16-13(6,7)8/h17H,10-11H2,1-9H3. The molecule has 0 heterocycles. The topological polar surface area (TPSA) is 18.5 Å². The lowest BCUT2D eigenvalue weighted by atomic mass is 10.1. The molecule has 0 saturated heterocycles. The molecule has 0 N–H and O–H groups in total. The fourth-order valence-electron chi connectivity index (χ4n) is 1.53. The van der Waals surface area contributed by atoms with Crippen LogP contribution in [0.25, 0.3) is 0 Å². The Morgan fingerprint density at radius 1 is 0.706 bits per heavy atom. The van der Waals surface area contributed by atoms with E-state index in [0.717, 1.165) is 12.8 Å². The second-order valence-corrected chi connectivity index (χ2v) is 9.68. The quantitative estimate of drug-likeness (QED) is 0.681. The van der Waals surface area contributed by atoms with Gasteiger partial charge in [0.05, 0.1) is 0 Å². The molecule has 0 fully saturated rings. The van der Waals surface area contributed by atoms with Crippen molar-refractivity contribution in [3.8, 4) is 0 Å². The molecule has 0 rings (SSSR count). The summed E-state index contributed by atoms with van der Waals surface area (Å²) < 4.78 is 12.6. The molecule has 0 aromatic carbocycles. The Morgan fingerprint density at radius 2 is 1.00 bits per heavy atom. The van der Waals surface area contributed by atoms with Crippen LogP contribution in [0.1, 0.15) is 75.2 Å². The summed E-state index contributed by atoms with van der Waals surface area (Å²) in [7, 11) is -1.71. The van der Waals surface area contributed by atoms with Gasteiger partial charge in [-0.15, -0.1) is 0 Å². The van der Waals surface area contributed by atoms with Crippen molar-refractivity contribution in [2.24, 2.45) is 0 Å². The number of rotatable bonds is 5. The molecule has 0 spiro atoms. The van der Waals surface area contributed by atoms with Crippen molar-refractivity contribution in [3.63, 3.8) is 0 Å². The Hall–Kier alpha value is 0.137. The molecule has 0 aromatic rings. The van der Waals surface area contributed by atoms with Crippen molar-refractivity contribution in [2.45, 2.75) is 91.4 Å². The van der Waals surface area contributed by atoms with E-state index in [1.54, 1.807) is 0 Å². The predicted molar refractivity (Wildman–Crippen MR) is 77.8 cm³/mol. The Labute approximate surface area is 110 Å². The molecule has 3 heteroatoms. The van der Waals surface area contributed by atoms with Crippen molar-refractivity contribution in [1.29, 1.82) is 0 Å². The lowest BCUT2D eigenvalue weighted by molar-refractivity contribution is 0.0203. The Balaban J connectivity index is 4.97. The van der Waals surface area contributed by atoms with E-state index in [0.29, 0.717) is 0 Å². The third kappa shape index (κ3) is 6.58. The third-order valence-corrected chi connectivity index (χ3v) is 6.90. The molecule has 0 radical (unpaired) electrons. The molecule has 2 nitrogen and oxygen atoms in total. The summed E-state index contributed by atoms with van der Waals surface area (Å²) in [6.07, 6.45) is 2.24. The van der Waals surface area contributed by atoms with Gasteiger partial charge in [0.1, 0.15) is 0 Å². The monoisotopic (exact) mass is 260 g/mol. The van der Waals surface area contributed by atoms with E-state index in [2.05, 4.69) is 62.3 Å². The van der Waals surface area contributed by atoms with Crippen LogP contribution in [0.4, 0.5) is 0 Å². The van der Waals surface area contributed by atoms with E-state index < -0.39 is 9.28 Å². The minimum atomic E-state index is -1.71. The van der Waals surface area contributed by atoms with Crippen molar-refractivity contribution in [2.75, 3.05) is 0 Å². The molecule has 104 valence electrons. The maximum Gasteiger partial charge on any atom is 0.328 e. The highest BCUT2D eigenvalue weighted by Gasteiger charge is 2.40. The smallest absolute Gasteiger partial charge is 0.328 e. The normalized spacial score (nSPS) is 14.5. The van der Waals surface area contributed by atoms with Crippen LogP contribution in [0.3, 0.4) is 0 Å². The summed E-state index contributed by atoms with van der Waals surface area (Å²) in [5.74, 6) is 0. The van der Waals surface area contributed by atoms with Crippen LogP contribution in [0.15, 0.2) is 0 Å². The van der Waals surface area contributed by atoms with E-state index in [1.165, 1.54) is 0 Å². The van der Waals surface area contributed by atoms with Crippen LogP contribution in [0.5, 0.6) is 0 Å². The maximum atomic E-state index is 6.28. The maximum absolute atomic E-state index is 6.28. The molecule has 17 heavy (non-hydrogen) atoms. The van der Waals surface area contributed by atoms with E-state index in [-0.39, 0.29) is 16.2 Å². The summed E-state index contributed by atoms with van der Waals surface area (Å²) in [6.45, 7) is 19.5. The summed E-state index contributed by atoms with van der Waals surface area (Å²) in [4.78, 5) is 0. The van der Waals surface area contributed by atoms with Gasteiger partial charge in [0.25, 0.3) is 0 Å². The zero-order valence-electron chi connectivity index (χ0n) is 13.3. The van der Waals surface area contributed by atoms with Crippen LogP contribution in [-0.4, -0.2) is 20.5 Å². The molecular weight excluding hydrogens is 228 g/mol. The molecule has 0 saturated carbocycles. The van der Waals surface area contributed by atoms with Crippen LogP contribution in [0.2, 0.25) is 5.04 Å². The molecular formula is C14H32O2Si. The van der Waals surface area contributed by atoms with Gasteiger partial charge in [-0.2, -0.15) is 0 Å². The zero-order chi connectivity index (χ0) is 13.9. The van der Waals surface area contributed by atoms with Gasteiger partial charge in [0, 0.05) is 16.2 Å². The van der Waals surface area contributed by atoms with Gasteiger partial charge in [-0.3, -0.25) is 0 Å². The van der Waals surface area contributed by atoms with E-state index in [1.807, 2.05) is 0 Å². The van der Waals surface area contributed by atoms with E-state index in [4.69, 9.17) is 8.85 Å². The van der Waals surface area contributed by atoms with Crippen molar-refractivity contribution in [3.05, 3.63) is 0 Å². The fourth-order valence-corrected chi connectivity index (χ4v) is 4.10. The second-order valence-electron chi connectivity index (χ2n) is 7.15. The number of hydrogen-bond acceptors (Lipinski definition) is 2. The van der Waals surface area contributed by atoms with Crippen LogP contribution < -0.4 is 0 Å². The highest BCUT2D eigenvalue weighted by atomic mass is 28.3. The first-order chi connectivity index (χ1) is 7.43. The van der Waals surface area contributed by atoms with Gasteiger partial charge in [-0.25, -0.2) is 0 Å².